The maximum atomic E-state index is 12.3. The summed E-state index contributed by atoms with van der Waals surface area (Å²) >= 11 is 3.13. The number of hydrogen-bond acceptors (Lipinski definition) is 6. The summed E-state index contributed by atoms with van der Waals surface area (Å²) in [5, 5.41) is 9.65. The summed E-state index contributed by atoms with van der Waals surface area (Å²) in [5.41, 5.74) is 7.45. The summed E-state index contributed by atoms with van der Waals surface area (Å²) in [6.07, 6.45) is 0.294. The first-order valence-corrected chi connectivity index (χ1v) is 9.71. The molecule has 3 aromatic rings. The highest BCUT2D eigenvalue weighted by atomic mass is 32.1. The Morgan fingerprint density at radius 1 is 1.19 bits per heavy atom. The number of rotatable bonds is 8. The smallest absolute Gasteiger partial charge is 0.230 e. The van der Waals surface area contributed by atoms with Gasteiger partial charge in [0.1, 0.15) is 10.8 Å². The highest BCUT2D eigenvalue weighted by Crippen LogP contribution is 2.27. The molecule has 0 aliphatic heterocycles. The highest BCUT2D eigenvalue weighted by molar-refractivity contribution is 7.14. The van der Waals surface area contributed by atoms with Crippen LogP contribution in [0.25, 0.3) is 10.6 Å². The normalized spacial score (nSPS) is 10.5. The Balaban J connectivity index is 1.60. The number of hydrogen-bond donors (Lipinski definition) is 2. The van der Waals surface area contributed by atoms with Gasteiger partial charge < -0.3 is 15.8 Å². The fourth-order valence-corrected chi connectivity index (χ4v) is 3.76. The second-order valence-corrected chi connectivity index (χ2v) is 7.08. The molecule has 2 aromatic heterocycles. The van der Waals surface area contributed by atoms with E-state index in [2.05, 4.69) is 10.3 Å². The van der Waals surface area contributed by atoms with Crippen LogP contribution in [0.2, 0.25) is 0 Å². The number of aromatic nitrogens is 1. The molecular weight excluding hydrogens is 370 g/mol. The van der Waals surface area contributed by atoms with E-state index in [1.54, 1.807) is 35.6 Å². The molecular formula is C18H17N3O3S2. The topological polar surface area (TPSA) is 94.3 Å². The van der Waals surface area contributed by atoms with Crippen molar-refractivity contribution >= 4 is 40.2 Å². The van der Waals surface area contributed by atoms with Crippen LogP contribution in [0.1, 0.15) is 12.1 Å². The molecule has 134 valence electrons. The van der Waals surface area contributed by atoms with Gasteiger partial charge in [-0.05, 0) is 23.6 Å². The van der Waals surface area contributed by atoms with Crippen molar-refractivity contribution in [1.82, 2.24) is 4.98 Å². The second kappa shape index (κ2) is 8.59. The van der Waals surface area contributed by atoms with E-state index in [0.29, 0.717) is 11.4 Å². The molecule has 0 fully saturated rings. The van der Waals surface area contributed by atoms with Gasteiger partial charge >= 0.3 is 0 Å². The molecule has 0 saturated heterocycles. The number of primary amides is 1. The first-order valence-electron chi connectivity index (χ1n) is 7.89. The molecule has 3 rings (SSSR count). The highest BCUT2D eigenvalue weighted by Gasteiger charge is 2.12. The van der Waals surface area contributed by atoms with Crippen LogP contribution in [-0.4, -0.2) is 23.4 Å². The molecule has 0 aliphatic rings. The third kappa shape index (κ3) is 4.90. The van der Waals surface area contributed by atoms with Crippen molar-refractivity contribution in [3.8, 4) is 16.3 Å². The van der Waals surface area contributed by atoms with Crippen LogP contribution in [0.3, 0.4) is 0 Å². The van der Waals surface area contributed by atoms with Crippen LogP contribution >= 0.6 is 22.7 Å². The van der Waals surface area contributed by atoms with E-state index < -0.39 is 5.91 Å². The Bertz CT molecular complexity index is 891. The predicted octanol–water partition coefficient (Wildman–Crippen LogP) is 3.31. The van der Waals surface area contributed by atoms with Gasteiger partial charge in [0.15, 0.2) is 0 Å². The van der Waals surface area contributed by atoms with Gasteiger partial charge in [0.05, 0.1) is 30.8 Å². The number of thiazole rings is 1. The van der Waals surface area contributed by atoms with Crippen molar-refractivity contribution in [3.63, 3.8) is 0 Å². The van der Waals surface area contributed by atoms with Gasteiger partial charge in [-0.15, -0.1) is 11.3 Å². The first-order chi connectivity index (χ1) is 12.6. The van der Waals surface area contributed by atoms with Crippen LogP contribution in [0.5, 0.6) is 5.75 Å². The predicted molar refractivity (Wildman–Crippen MR) is 104 cm³/mol. The molecule has 3 N–H and O–H groups in total. The molecule has 0 aliphatic carbocycles. The Hall–Kier alpha value is -2.71. The molecule has 0 saturated carbocycles. The average molecular weight is 387 g/mol. The summed E-state index contributed by atoms with van der Waals surface area (Å²) in [4.78, 5) is 27.7. The van der Waals surface area contributed by atoms with Crippen LogP contribution in [-0.2, 0) is 16.0 Å². The zero-order valence-corrected chi connectivity index (χ0v) is 15.4. The fourth-order valence-electron chi connectivity index (χ4n) is 2.22. The van der Waals surface area contributed by atoms with Gasteiger partial charge in [0.2, 0.25) is 11.8 Å². The zero-order valence-electron chi connectivity index (χ0n) is 13.8. The van der Waals surface area contributed by atoms with Crippen molar-refractivity contribution in [2.45, 2.75) is 12.8 Å². The lowest BCUT2D eigenvalue weighted by molar-refractivity contribution is -0.118. The SMILES string of the molecule is NC(=O)CCOc1ccccc1NC(=O)Cc1csc(-c2ccsc2)n1. The Morgan fingerprint density at radius 3 is 2.81 bits per heavy atom. The van der Waals surface area contributed by atoms with Crippen molar-refractivity contribution in [3.05, 3.63) is 52.2 Å². The van der Waals surface area contributed by atoms with E-state index in [9.17, 15) is 9.59 Å². The van der Waals surface area contributed by atoms with Gasteiger partial charge in [-0.1, -0.05) is 12.1 Å². The van der Waals surface area contributed by atoms with Crippen LogP contribution in [0, 0.1) is 0 Å². The molecule has 0 spiro atoms. The lowest BCUT2D eigenvalue weighted by Crippen LogP contribution is -2.17. The molecule has 8 heteroatoms. The lowest BCUT2D eigenvalue weighted by atomic mass is 10.2. The average Bonchev–Trinajstić information content (AvgIpc) is 3.27. The quantitative estimate of drug-likeness (QED) is 0.620. The van der Waals surface area contributed by atoms with Crippen molar-refractivity contribution in [1.29, 1.82) is 0 Å². The standard InChI is InChI=1S/C18H17N3O3S2/c19-16(22)5-7-24-15-4-2-1-3-14(15)21-17(23)9-13-11-26-18(20-13)12-6-8-25-10-12/h1-4,6,8,10-11H,5,7,9H2,(H2,19,22)(H,21,23). The van der Waals surface area contributed by atoms with E-state index in [1.807, 2.05) is 22.2 Å². The summed E-state index contributed by atoms with van der Waals surface area (Å²) in [6, 6.07) is 9.08. The Morgan fingerprint density at radius 2 is 2.04 bits per heavy atom. The summed E-state index contributed by atoms with van der Waals surface area (Å²) in [6.45, 7) is 0.165. The van der Waals surface area contributed by atoms with E-state index in [-0.39, 0.29) is 25.4 Å². The largest absolute Gasteiger partial charge is 0.491 e. The minimum atomic E-state index is -0.434. The van der Waals surface area contributed by atoms with Crippen molar-refractivity contribution in [2.24, 2.45) is 5.73 Å². The first kappa shape index (κ1) is 18.1. The summed E-state index contributed by atoms with van der Waals surface area (Å²) < 4.78 is 5.52. The number of amides is 2. The summed E-state index contributed by atoms with van der Waals surface area (Å²) in [5.74, 6) is -0.117. The van der Waals surface area contributed by atoms with Gasteiger partial charge in [-0.2, -0.15) is 11.3 Å². The molecule has 0 atom stereocenters. The maximum Gasteiger partial charge on any atom is 0.230 e. The number of thiophene rings is 1. The number of benzene rings is 1. The number of nitrogens with zero attached hydrogens (tertiary/aromatic N) is 1. The molecule has 0 unspecified atom stereocenters. The number of anilines is 1. The van der Waals surface area contributed by atoms with Gasteiger partial charge in [0, 0.05) is 16.3 Å². The minimum absolute atomic E-state index is 0.118. The van der Waals surface area contributed by atoms with E-state index in [4.69, 9.17) is 10.5 Å². The van der Waals surface area contributed by atoms with Crippen molar-refractivity contribution < 1.29 is 14.3 Å². The third-order valence-electron chi connectivity index (χ3n) is 3.43. The van der Waals surface area contributed by atoms with Gasteiger partial charge in [0.25, 0.3) is 0 Å². The number of ether oxygens (including phenoxy) is 1. The second-order valence-electron chi connectivity index (χ2n) is 5.44. The molecule has 6 nitrogen and oxygen atoms in total. The van der Waals surface area contributed by atoms with Gasteiger partial charge in [-0.25, -0.2) is 4.98 Å². The van der Waals surface area contributed by atoms with E-state index >= 15 is 0 Å². The molecule has 0 bridgehead atoms. The zero-order chi connectivity index (χ0) is 18.4. The number of para-hydroxylation sites is 2. The van der Waals surface area contributed by atoms with Crippen molar-refractivity contribution in [2.75, 3.05) is 11.9 Å². The molecule has 26 heavy (non-hydrogen) atoms. The van der Waals surface area contributed by atoms with Crippen LogP contribution in [0.15, 0.2) is 46.5 Å². The van der Waals surface area contributed by atoms with E-state index in [1.165, 1.54) is 11.3 Å². The maximum absolute atomic E-state index is 12.3. The fraction of sp³-hybridized carbons (Fsp3) is 0.167. The monoisotopic (exact) mass is 387 g/mol. The molecule has 1 aromatic carbocycles. The molecule has 2 amide bonds. The van der Waals surface area contributed by atoms with Gasteiger partial charge in [-0.3, -0.25) is 9.59 Å². The number of nitrogens with two attached hydrogens (primary N) is 1. The Kier molecular flexibility index (Phi) is 5.98. The number of carbonyl (C=O) groups is 2. The molecule has 0 radical (unpaired) electrons. The number of carbonyl (C=O) groups excluding carboxylic acids is 2. The lowest BCUT2D eigenvalue weighted by Gasteiger charge is -2.11. The summed E-state index contributed by atoms with van der Waals surface area (Å²) in [7, 11) is 0. The Labute approximate surface area is 158 Å². The molecule has 2 heterocycles. The van der Waals surface area contributed by atoms with Crippen LogP contribution < -0.4 is 15.8 Å². The van der Waals surface area contributed by atoms with E-state index in [0.717, 1.165) is 16.3 Å². The van der Waals surface area contributed by atoms with Crippen LogP contribution in [0.4, 0.5) is 5.69 Å². The number of nitrogens with one attached hydrogen (secondary N) is 1. The minimum Gasteiger partial charge on any atom is -0.491 e. The third-order valence-corrected chi connectivity index (χ3v) is 5.05.